The summed E-state index contributed by atoms with van der Waals surface area (Å²) in [6, 6.07) is 15.7. The predicted octanol–water partition coefficient (Wildman–Crippen LogP) is 5.76. The van der Waals surface area contributed by atoms with Gasteiger partial charge in [-0.2, -0.15) is 0 Å². The van der Waals surface area contributed by atoms with Crippen molar-refractivity contribution in [3.8, 4) is 5.75 Å². The van der Waals surface area contributed by atoms with Gasteiger partial charge in [0.05, 0.1) is 12.0 Å². The Bertz CT molecular complexity index is 812. The number of fused-ring (bicyclic) bond motifs is 4. The van der Waals surface area contributed by atoms with E-state index in [0.717, 1.165) is 11.7 Å². The number of likely N-dealkylation sites (tertiary alicyclic amines) is 1. The summed E-state index contributed by atoms with van der Waals surface area (Å²) in [5.74, 6) is 1.99. The molecular weight excluding hydrogens is 374 g/mol. The van der Waals surface area contributed by atoms with E-state index in [0.29, 0.717) is 0 Å². The van der Waals surface area contributed by atoms with E-state index in [-0.39, 0.29) is 17.8 Å². The van der Waals surface area contributed by atoms with Crippen molar-refractivity contribution in [1.29, 1.82) is 0 Å². The first-order valence-corrected chi connectivity index (χ1v) is 10.8. The summed E-state index contributed by atoms with van der Waals surface area (Å²) in [5, 5.41) is 0. The molecule has 2 heterocycles. The average Bonchev–Trinajstić information content (AvgIpc) is 2.66. The molecule has 0 amide bonds. The van der Waals surface area contributed by atoms with Crippen LogP contribution in [0.1, 0.15) is 43.2 Å². The number of halogens is 1. The zero-order chi connectivity index (χ0) is 17.6. The van der Waals surface area contributed by atoms with Crippen LogP contribution in [0.2, 0.25) is 0 Å². The largest absolute Gasteiger partial charge is 0.496 e. The number of hydrogen-bond donors (Lipinski definition) is 0. The Hall–Kier alpha value is -1.16. The SMILES string of the molecule is COc1cccc2c1Sc1ccccc1C21CCN(CC2CCC2)CC1.Cl. The van der Waals surface area contributed by atoms with Crippen LogP contribution >= 0.6 is 24.2 Å². The monoisotopic (exact) mass is 401 g/mol. The van der Waals surface area contributed by atoms with Crippen LogP contribution in [0.5, 0.6) is 5.75 Å². The summed E-state index contributed by atoms with van der Waals surface area (Å²) in [7, 11) is 1.80. The van der Waals surface area contributed by atoms with Crippen LogP contribution in [-0.4, -0.2) is 31.6 Å². The number of piperidine rings is 1. The highest BCUT2D eigenvalue weighted by Crippen LogP contribution is 2.56. The molecule has 2 nitrogen and oxygen atoms in total. The van der Waals surface area contributed by atoms with E-state index in [1.807, 2.05) is 11.8 Å². The van der Waals surface area contributed by atoms with Gasteiger partial charge in [-0.1, -0.05) is 48.5 Å². The molecule has 5 rings (SSSR count). The van der Waals surface area contributed by atoms with Crippen molar-refractivity contribution < 1.29 is 4.74 Å². The first-order chi connectivity index (χ1) is 12.8. The number of benzene rings is 2. The molecule has 1 saturated carbocycles. The number of hydrogen-bond acceptors (Lipinski definition) is 3. The minimum atomic E-state index is 0. The lowest BCUT2D eigenvalue weighted by molar-refractivity contribution is 0.126. The van der Waals surface area contributed by atoms with Gasteiger partial charge in [0, 0.05) is 16.9 Å². The van der Waals surface area contributed by atoms with Crippen molar-refractivity contribution in [3.05, 3.63) is 53.6 Å². The van der Waals surface area contributed by atoms with Gasteiger partial charge in [0.25, 0.3) is 0 Å². The van der Waals surface area contributed by atoms with E-state index in [1.54, 1.807) is 7.11 Å². The maximum atomic E-state index is 5.73. The van der Waals surface area contributed by atoms with Crippen LogP contribution in [0.4, 0.5) is 0 Å². The molecule has 144 valence electrons. The molecule has 2 aromatic rings. The summed E-state index contributed by atoms with van der Waals surface area (Å²) in [6.07, 6.45) is 6.78. The number of methoxy groups -OCH3 is 1. The van der Waals surface area contributed by atoms with Gasteiger partial charge in [0.1, 0.15) is 5.75 Å². The molecule has 0 atom stereocenters. The molecule has 2 aliphatic heterocycles. The van der Waals surface area contributed by atoms with E-state index < -0.39 is 0 Å². The second kappa shape index (κ2) is 7.69. The van der Waals surface area contributed by atoms with Gasteiger partial charge in [0.2, 0.25) is 0 Å². The molecule has 3 aliphatic rings. The van der Waals surface area contributed by atoms with Gasteiger partial charge in [-0.15, -0.1) is 12.4 Å². The highest BCUT2D eigenvalue weighted by atomic mass is 35.5. The second-order valence-electron chi connectivity index (χ2n) is 8.11. The lowest BCUT2D eigenvalue weighted by atomic mass is 9.67. The van der Waals surface area contributed by atoms with E-state index in [4.69, 9.17) is 4.74 Å². The van der Waals surface area contributed by atoms with Crippen LogP contribution in [0.25, 0.3) is 0 Å². The van der Waals surface area contributed by atoms with Crippen molar-refractivity contribution in [2.24, 2.45) is 5.92 Å². The Morgan fingerprint density at radius 3 is 2.48 bits per heavy atom. The molecule has 0 unspecified atom stereocenters. The number of ether oxygens (including phenoxy) is 1. The minimum absolute atomic E-state index is 0. The molecular formula is C23H28ClNOS. The lowest BCUT2D eigenvalue weighted by Crippen LogP contribution is -2.46. The van der Waals surface area contributed by atoms with Crippen LogP contribution in [-0.2, 0) is 5.41 Å². The van der Waals surface area contributed by atoms with Gasteiger partial charge in [-0.05, 0) is 68.0 Å². The van der Waals surface area contributed by atoms with Crippen molar-refractivity contribution >= 4 is 24.2 Å². The zero-order valence-corrected chi connectivity index (χ0v) is 17.6. The first kappa shape index (κ1) is 19.2. The standard InChI is InChI=1S/C23H27NOS.ClH/c1-25-20-10-5-9-19-22(20)26-21-11-3-2-8-18(21)23(19)12-14-24(15-13-23)16-17-6-4-7-17;/h2-3,5,8-11,17H,4,6-7,12-16H2,1H3;1H. The van der Waals surface area contributed by atoms with Gasteiger partial charge >= 0.3 is 0 Å². The van der Waals surface area contributed by atoms with Gasteiger partial charge in [0.15, 0.2) is 0 Å². The first-order valence-electron chi connectivity index (χ1n) is 9.97. The Morgan fingerprint density at radius 2 is 1.78 bits per heavy atom. The Balaban J connectivity index is 0.00000180. The zero-order valence-electron chi connectivity index (χ0n) is 15.9. The summed E-state index contributed by atoms with van der Waals surface area (Å²) < 4.78 is 5.73. The van der Waals surface area contributed by atoms with Crippen LogP contribution in [0, 0.1) is 5.92 Å². The third-order valence-electron chi connectivity index (χ3n) is 6.78. The van der Waals surface area contributed by atoms with E-state index >= 15 is 0 Å². The molecule has 1 aliphatic carbocycles. The Labute approximate surface area is 173 Å². The second-order valence-corrected chi connectivity index (χ2v) is 9.17. The van der Waals surface area contributed by atoms with Crippen LogP contribution < -0.4 is 4.74 Å². The fourth-order valence-corrected chi connectivity index (χ4v) is 6.43. The Morgan fingerprint density at radius 1 is 1.04 bits per heavy atom. The van der Waals surface area contributed by atoms with Gasteiger partial charge < -0.3 is 9.64 Å². The van der Waals surface area contributed by atoms with Crippen molar-refractivity contribution in [2.45, 2.75) is 47.3 Å². The average molecular weight is 402 g/mol. The van der Waals surface area contributed by atoms with Crippen molar-refractivity contribution in [2.75, 3.05) is 26.7 Å². The summed E-state index contributed by atoms with van der Waals surface area (Å²) >= 11 is 1.89. The lowest BCUT2D eigenvalue weighted by Gasteiger charge is -2.47. The highest BCUT2D eigenvalue weighted by Gasteiger charge is 2.44. The van der Waals surface area contributed by atoms with Crippen LogP contribution in [0.3, 0.4) is 0 Å². The van der Waals surface area contributed by atoms with E-state index in [1.165, 1.54) is 72.7 Å². The maximum absolute atomic E-state index is 5.73. The minimum Gasteiger partial charge on any atom is -0.496 e. The molecule has 0 N–H and O–H groups in total. The molecule has 0 aromatic heterocycles. The van der Waals surface area contributed by atoms with Gasteiger partial charge in [-0.3, -0.25) is 0 Å². The molecule has 0 radical (unpaired) electrons. The number of rotatable bonds is 3. The maximum Gasteiger partial charge on any atom is 0.133 e. The third-order valence-corrected chi connectivity index (χ3v) is 7.98. The molecule has 2 aromatic carbocycles. The fraction of sp³-hybridized carbons (Fsp3) is 0.478. The molecule has 1 spiro atoms. The van der Waals surface area contributed by atoms with E-state index in [2.05, 4.69) is 47.4 Å². The molecule has 0 bridgehead atoms. The Kier molecular flexibility index (Phi) is 5.46. The summed E-state index contributed by atoms with van der Waals surface area (Å²) in [5.41, 5.74) is 3.18. The predicted molar refractivity (Wildman–Crippen MR) is 115 cm³/mol. The highest BCUT2D eigenvalue weighted by molar-refractivity contribution is 7.99. The van der Waals surface area contributed by atoms with Crippen molar-refractivity contribution in [1.82, 2.24) is 4.90 Å². The smallest absolute Gasteiger partial charge is 0.133 e. The third kappa shape index (κ3) is 3.18. The molecule has 2 fully saturated rings. The summed E-state index contributed by atoms with van der Waals surface area (Å²) in [6.45, 7) is 3.75. The quantitative estimate of drug-likeness (QED) is 0.648. The number of nitrogens with zero attached hydrogens (tertiary/aromatic N) is 1. The molecule has 27 heavy (non-hydrogen) atoms. The van der Waals surface area contributed by atoms with Gasteiger partial charge in [-0.25, -0.2) is 0 Å². The summed E-state index contributed by atoms with van der Waals surface area (Å²) in [4.78, 5) is 5.47. The topological polar surface area (TPSA) is 12.5 Å². The fourth-order valence-electron chi connectivity index (χ4n) is 5.06. The normalized spacial score (nSPS) is 20.9. The van der Waals surface area contributed by atoms with Crippen molar-refractivity contribution in [3.63, 3.8) is 0 Å². The van der Waals surface area contributed by atoms with Crippen LogP contribution in [0.15, 0.2) is 52.3 Å². The molecule has 4 heteroatoms. The van der Waals surface area contributed by atoms with E-state index in [9.17, 15) is 0 Å². The molecule has 1 saturated heterocycles.